The zero-order valence-corrected chi connectivity index (χ0v) is 12.7. The van der Waals surface area contributed by atoms with E-state index in [9.17, 15) is 0 Å². The lowest BCUT2D eigenvalue weighted by Crippen LogP contribution is -2.45. The fourth-order valence-electron chi connectivity index (χ4n) is 2.33. The van der Waals surface area contributed by atoms with E-state index in [2.05, 4.69) is 34.8 Å². The number of rotatable bonds is 5. The van der Waals surface area contributed by atoms with E-state index in [0.29, 0.717) is 0 Å². The van der Waals surface area contributed by atoms with Crippen molar-refractivity contribution in [3.05, 3.63) is 15.6 Å². The number of aryl methyl sites for hydroxylation is 1. The molecule has 1 aliphatic rings. The highest BCUT2D eigenvalue weighted by Crippen LogP contribution is 2.19. The molecule has 2 rings (SSSR count). The molecular formula is C14H22N4S. The van der Waals surface area contributed by atoms with Gasteiger partial charge in [0.05, 0.1) is 10.7 Å². The maximum atomic E-state index is 9.11. The molecule has 0 aliphatic carbocycles. The van der Waals surface area contributed by atoms with Crippen molar-refractivity contribution >= 4 is 11.3 Å². The lowest BCUT2D eigenvalue weighted by Gasteiger charge is -2.32. The van der Waals surface area contributed by atoms with Crippen molar-refractivity contribution in [2.45, 2.75) is 26.2 Å². The van der Waals surface area contributed by atoms with Gasteiger partial charge >= 0.3 is 0 Å². The van der Waals surface area contributed by atoms with E-state index in [1.54, 1.807) is 11.3 Å². The number of hydrogen-bond acceptors (Lipinski definition) is 5. The van der Waals surface area contributed by atoms with Crippen LogP contribution in [0.1, 0.15) is 28.9 Å². The summed E-state index contributed by atoms with van der Waals surface area (Å²) in [5.41, 5.74) is 1.00. The van der Waals surface area contributed by atoms with Crippen LogP contribution in [0.15, 0.2) is 0 Å². The molecule has 0 spiro atoms. The second-order valence-electron chi connectivity index (χ2n) is 5.14. The molecule has 19 heavy (non-hydrogen) atoms. The van der Waals surface area contributed by atoms with Crippen molar-refractivity contribution in [3.63, 3.8) is 0 Å². The predicted molar refractivity (Wildman–Crippen MR) is 78.5 cm³/mol. The molecule has 0 bridgehead atoms. The van der Waals surface area contributed by atoms with Crippen LogP contribution >= 0.6 is 11.3 Å². The minimum Gasteiger partial charge on any atom is -0.304 e. The average Bonchev–Trinajstić information content (AvgIpc) is 2.81. The maximum absolute atomic E-state index is 9.11. The molecule has 1 aromatic rings. The molecule has 1 saturated heterocycles. The Morgan fingerprint density at radius 3 is 2.63 bits per heavy atom. The number of thiazole rings is 1. The molecule has 1 aromatic heterocycles. The highest BCUT2D eigenvalue weighted by molar-refractivity contribution is 7.12. The first-order valence-electron chi connectivity index (χ1n) is 7.02. The molecule has 4 nitrogen and oxygen atoms in total. The molecule has 0 atom stereocenters. The van der Waals surface area contributed by atoms with Crippen molar-refractivity contribution in [3.8, 4) is 6.07 Å². The first-order chi connectivity index (χ1) is 9.22. The summed E-state index contributed by atoms with van der Waals surface area (Å²) < 4.78 is 0. The minimum absolute atomic E-state index is 0.815. The van der Waals surface area contributed by atoms with Crippen molar-refractivity contribution < 1.29 is 0 Å². The Morgan fingerprint density at radius 2 is 2.00 bits per heavy atom. The number of hydrogen-bond donors (Lipinski definition) is 0. The molecule has 2 heterocycles. The van der Waals surface area contributed by atoms with Gasteiger partial charge in [0, 0.05) is 39.1 Å². The number of nitrogens with zero attached hydrogens (tertiary/aromatic N) is 4. The largest absolute Gasteiger partial charge is 0.304 e. The van der Waals surface area contributed by atoms with Gasteiger partial charge in [-0.15, -0.1) is 11.3 Å². The van der Waals surface area contributed by atoms with E-state index in [1.807, 2.05) is 0 Å². The second-order valence-corrected chi connectivity index (χ2v) is 6.22. The summed E-state index contributed by atoms with van der Waals surface area (Å²) >= 11 is 1.58. The molecule has 5 heteroatoms. The standard InChI is InChI=1S/C14H22N4S/c1-3-4-12-13(11-15)19-14(16-12)5-6-18-9-7-17(2)8-10-18/h3-10H2,1-2H3. The summed E-state index contributed by atoms with van der Waals surface area (Å²) in [6.07, 6.45) is 2.96. The Labute approximate surface area is 119 Å². The number of nitriles is 1. The van der Waals surface area contributed by atoms with Crippen LogP contribution in [0.4, 0.5) is 0 Å². The molecule has 0 N–H and O–H groups in total. The zero-order chi connectivity index (χ0) is 13.7. The van der Waals surface area contributed by atoms with E-state index in [-0.39, 0.29) is 0 Å². The highest BCUT2D eigenvalue weighted by atomic mass is 32.1. The quantitative estimate of drug-likeness (QED) is 0.823. The normalized spacial score (nSPS) is 17.5. The van der Waals surface area contributed by atoms with Gasteiger partial charge in [-0.05, 0) is 13.5 Å². The van der Waals surface area contributed by atoms with Gasteiger partial charge in [0.1, 0.15) is 10.9 Å². The summed E-state index contributed by atoms with van der Waals surface area (Å²) in [4.78, 5) is 10.3. The van der Waals surface area contributed by atoms with Crippen LogP contribution in [0, 0.1) is 11.3 Å². The van der Waals surface area contributed by atoms with Crippen LogP contribution in [0.5, 0.6) is 0 Å². The van der Waals surface area contributed by atoms with Crippen LogP contribution in [-0.2, 0) is 12.8 Å². The van der Waals surface area contributed by atoms with Crippen molar-refractivity contribution in [2.24, 2.45) is 0 Å². The molecule has 0 aromatic carbocycles. The van der Waals surface area contributed by atoms with Gasteiger partial charge in [0.15, 0.2) is 0 Å². The van der Waals surface area contributed by atoms with E-state index in [0.717, 1.165) is 67.6 Å². The van der Waals surface area contributed by atoms with Gasteiger partial charge < -0.3 is 9.80 Å². The van der Waals surface area contributed by atoms with Gasteiger partial charge in [-0.3, -0.25) is 0 Å². The van der Waals surface area contributed by atoms with Crippen molar-refractivity contribution in [2.75, 3.05) is 39.8 Å². The first-order valence-corrected chi connectivity index (χ1v) is 7.84. The molecule has 0 unspecified atom stereocenters. The van der Waals surface area contributed by atoms with E-state index in [1.165, 1.54) is 0 Å². The molecule has 0 radical (unpaired) electrons. The third-order valence-electron chi connectivity index (χ3n) is 3.57. The Morgan fingerprint density at radius 1 is 1.26 bits per heavy atom. The summed E-state index contributed by atoms with van der Waals surface area (Å²) in [5, 5.41) is 10.2. The number of likely N-dealkylation sites (N-methyl/N-ethyl adjacent to an activating group) is 1. The Balaban J connectivity index is 1.87. The predicted octanol–water partition coefficient (Wildman–Crippen LogP) is 1.76. The second kappa shape index (κ2) is 6.99. The third kappa shape index (κ3) is 4.00. The summed E-state index contributed by atoms with van der Waals surface area (Å²) in [5.74, 6) is 0. The fourth-order valence-corrected chi connectivity index (χ4v) is 3.22. The van der Waals surface area contributed by atoms with Gasteiger partial charge in [0.2, 0.25) is 0 Å². The minimum atomic E-state index is 0.815. The Bertz CT molecular complexity index is 441. The van der Waals surface area contributed by atoms with Gasteiger partial charge in [-0.1, -0.05) is 13.3 Å². The lowest BCUT2D eigenvalue weighted by molar-refractivity contribution is 0.155. The van der Waals surface area contributed by atoms with Crippen molar-refractivity contribution in [1.82, 2.24) is 14.8 Å². The topological polar surface area (TPSA) is 43.2 Å². The maximum Gasteiger partial charge on any atom is 0.128 e. The molecular weight excluding hydrogens is 256 g/mol. The highest BCUT2D eigenvalue weighted by Gasteiger charge is 2.15. The van der Waals surface area contributed by atoms with E-state index >= 15 is 0 Å². The van der Waals surface area contributed by atoms with Crippen LogP contribution in [0.25, 0.3) is 0 Å². The van der Waals surface area contributed by atoms with Gasteiger partial charge in [-0.2, -0.15) is 5.26 Å². The molecule has 1 aliphatic heterocycles. The lowest BCUT2D eigenvalue weighted by atomic mass is 10.2. The summed E-state index contributed by atoms with van der Waals surface area (Å²) in [6.45, 7) is 7.80. The van der Waals surface area contributed by atoms with Crippen LogP contribution < -0.4 is 0 Å². The van der Waals surface area contributed by atoms with Crippen LogP contribution in [0.3, 0.4) is 0 Å². The van der Waals surface area contributed by atoms with Crippen molar-refractivity contribution in [1.29, 1.82) is 5.26 Å². The average molecular weight is 278 g/mol. The Hall–Kier alpha value is -0.960. The molecule has 0 saturated carbocycles. The smallest absolute Gasteiger partial charge is 0.128 e. The molecule has 0 amide bonds. The zero-order valence-electron chi connectivity index (χ0n) is 11.9. The number of aromatic nitrogens is 1. The third-order valence-corrected chi connectivity index (χ3v) is 4.63. The first kappa shape index (κ1) is 14.4. The summed E-state index contributed by atoms with van der Waals surface area (Å²) in [7, 11) is 2.17. The molecule has 104 valence electrons. The fraction of sp³-hybridized carbons (Fsp3) is 0.714. The van der Waals surface area contributed by atoms with Crippen LogP contribution in [0.2, 0.25) is 0 Å². The van der Waals surface area contributed by atoms with E-state index < -0.39 is 0 Å². The van der Waals surface area contributed by atoms with Gasteiger partial charge in [0.25, 0.3) is 0 Å². The number of piperazine rings is 1. The van der Waals surface area contributed by atoms with E-state index in [4.69, 9.17) is 5.26 Å². The van der Waals surface area contributed by atoms with Crippen LogP contribution in [-0.4, -0.2) is 54.6 Å². The SMILES string of the molecule is CCCc1nc(CCN2CCN(C)CC2)sc1C#N. The molecule has 1 fully saturated rings. The monoisotopic (exact) mass is 278 g/mol. The summed E-state index contributed by atoms with van der Waals surface area (Å²) in [6, 6.07) is 2.28. The Kier molecular flexibility index (Phi) is 5.32. The van der Waals surface area contributed by atoms with Gasteiger partial charge in [-0.25, -0.2) is 4.98 Å².